The van der Waals surface area contributed by atoms with E-state index in [0.717, 1.165) is 6.42 Å². The summed E-state index contributed by atoms with van der Waals surface area (Å²) in [5.74, 6) is 2.55. The van der Waals surface area contributed by atoms with Crippen LogP contribution < -0.4 is 15.4 Å². The monoisotopic (exact) mass is 632 g/mol. The lowest BCUT2D eigenvalue weighted by molar-refractivity contribution is 0.107. The molecule has 1 aliphatic carbocycles. The van der Waals surface area contributed by atoms with Gasteiger partial charge in [-0.05, 0) is 49.9 Å². The number of pyridine rings is 1. The number of aromatic nitrogens is 3. The molecule has 2 N–H and O–H groups in total. The Kier molecular flexibility index (Phi) is 6.26. The van der Waals surface area contributed by atoms with Crippen LogP contribution in [0.2, 0.25) is 0 Å². The first-order chi connectivity index (χ1) is 22.5. The molecule has 4 fully saturated rings. The predicted molar refractivity (Wildman–Crippen MR) is 171 cm³/mol. The fourth-order valence-corrected chi connectivity index (χ4v) is 8.06. The summed E-state index contributed by atoms with van der Waals surface area (Å²) >= 11 is 6.71. The van der Waals surface area contributed by atoms with Crippen molar-refractivity contribution in [2.24, 2.45) is 5.92 Å². The summed E-state index contributed by atoms with van der Waals surface area (Å²) in [6, 6.07) is 6.16. The van der Waals surface area contributed by atoms with E-state index in [1.807, 2.05) is 11.8 Å². The molecule has 8 nitrogen and oxygen atoms in total. The van der Waals surface area contributed by atoms with Crippen molar-refractivity contribution in [2.45, 2.75) is 49.3 Å². The molecule has 0 radical (unpaired) electrons. The van der Waals surface area contributed by atoms with Crippen LogP contribution >= 0.6 is 11.6 Å². The highest BCUT2D eigenvalue weighted by Gasteiger charge is 2.54. The zero-order valence-electron chi connectivity index (χ0n) is 26.7. The van der Waals surface area contributed by atoms with E-state index in [9.17, 15) is 8.78 Å². The van der Waals surface area contributed by atoms with Crippen LogP contribution in [-0.4, -0.2) is 82.4 Å². The number of hydrogen-bond acceptors (Lipinski definition) is 8. The fraction of sp³-hybridized carbons (Fsp3) is 0.441. The van der Waals surface area contributed by atoms with Crippen LogP contribution in [-0.2, 0) is 4.74 Å². The van der Waals surface area contributed by atoms with Crippen molar-refractivity contribution >= 4 is 44.8 Å². The lowest BCUT2D eigenvalue weighted by Gasteiger charge is -2.31. The number of benzene rings is 2. The molecular weight excluding hydrogens is 598 g/mol. The summed E-state index contributed by atoms with van der Waals surface area (Å²) in [5.41, 5.74) is 7.82. The van der Waals surface area contributed by atoms with E-state index in [4.69, 9.17) is 50.9 Å². The molecule has 0 bridgehead atoms. The molecule has 8 rings (SSSR count). The first-order valence-electron chi connectivity index (χ1n) is 16.3. The number of nitrogens with two attached hydrogens (primary N) is 1. The van der Waals surface area contributed by atoms with E-state index in [1.54, 1.807) is 24.4 Å². The molecule has 3 aliphatic heterocycles. The SMILES string of the molecule is [2H]C([2H])(Oc1nc(N2CCOC[C@H]3[C@H](Cl)[C@H]32)c2cnc(-c3cc(N)cc4ccc(F)c(C#C)c34)c(C)c2n1)[C@@]12CCCN1C[C@H](F)C2. The normalized spacial score (nSPS) is 28.7. The van der Waals surface area contributed by atoms with Crippen molar-refractivity contribution in [2.75, 3.05) is 50.0 Å². The van der Waals surface area contributed by atoms with Crippen LogP contribution in [0.25, 0.3) is 32.9 Å². The lowest BCUT2D eigenvalue weighted by atomic mass is 9.94. The minimum Gasteiger partial charge on any atom is -0.461 e. The number of ether oxygens (including phenoxy) is 2. The van der Waals surface area contributed by atoms with E-state index in [2.05, 4.69) is 10.8 Å². The zero-order valence-corrected chi connectivity index (χ0v) is 25.5. The lowest BCUT2D eigenvalue weighted by Crippen LogP contribution is -2.43. The Bertz CT molecular complexity index is 1990. The number of anilines is 2. The standard InChI is InChI=1S/C34H33ClF2N6O2/c1-3-22-26(37)6-5-19-11-21(38)12-23(27(19)22)29-18(2)30-24(14-39-29)32(43-9-10-44-16-25-28(35)31(25)43)41-33(40-30)45-17-34-7-4-8-42(34)15-20(36)13-34/h1,5-6,11-12,14,20,25,28,31H,4,7-10,13,15-17,38H2,2H3/t20-,25+,28+,31+,34+/m1/s1/i17D2. The Morgan fingerprint density at radius 3 is 3.02 bits per heavy atom. The van der Waals surface area contributed by atoms with E-state index >= 15 is 0 Å². The molecule has 232 valence electrons. The summed E-state index contributed by atoms with van der Waals surface area (Å²) in [6.07, 6.45) is 7.54. The Labute approximate surface area is 267 Å². The van der Waals surface area contributed by atoms with Crippen LogP contribution in [0, 0.1) is 31.0 Å². The predicted octanol–water partition coefficient (Wildman–Crippen LogP) is 5.25. The van der Waals surface area contributed by atoms with Crippen LogP contribution in [0.4, 0.5) is 20.3 Å². The Morgan fingerprint density at radius 1 is 1.31 bits per heavy atom. The third-order valence-corrected chi connectivity index (χ3v) is 10.4. The maximum Gasteiger partial charge on any atom is 0.319 e. The minimum atomic E-state index is -2.29. The van der Waals surface area contributed by atoms with Crippen LogP contribution in [0.1, 0.15) is 33.1 Å². The molecule has 11 heteroatoms. The van der Waals surface area contributed by atoms with Crippen molar-refractivity contribution in [3.05, 3.63) is 47.4 Å². The molecule has 0 spiro atoms. The van der Waals surface area contributed by atoms with Gasteiger partial charge in [0.15, 0.2) is 0 Å². The highest BCUT2D eigenvalue weighted by Crippen LogP contribution is 2.47. The molecule has 0 unspecified atom stereocenters. The highest BCUT2D eigenvalue weighted by molar-refractivity contribution is 6.24. The van der Waals surface area contributed by atoms with Crippen LogP contribution in [0.5, 0.6) is 6.01 Å². The van der Waals surface area contributed by atoms with Crippen molar-refractivity contribution in [3.8, 4) is 29.6 Å². The van der Waals surface area contributed by atoms with Gasteiger partial charge in [-0.25, -0.2) is 8.78 Å². The largest absolute Gasteiger partial charge is 0.461 e. The van der Waals surface area contributed by atoms with E-state index in [1.165, 1.54) is 6.07 Å². The van der Waals surface area contributed by atoms with Crippen molar-refractivity contribution < 1.29 is 21.0 Å². The van der Waals surface area contributed by atoms with E-state index in [0.29, 0.717) is 82.7 Å². The van der Waals surface area contributed by atoms with Crippen molar-refractivity contribution in [1.29, 1.82) is 0 Å². The third-order valence-electron chi connectivity index (χ3n) is 9.81. The molecule has 1 saturated carbocycles. The Hall–Kier alpha value is -3.78. The van der Waals surface area contributed by atoms with E-state index < -0.39 is 24.1 Å². The van der Waals surface area contributed by atoms with Crippen molar-refractivity contribution in [1.82, 2.24) is 19.9 Å². The fourth-order valence-electron chi connectivity index (χ4n) is 7.60. The first-order valence-corrected chi connectivity index (χ1v) is 15.7. The van der Waals surface area contributed by atoms with E-state index in [-0.39, 0.29) is 41.9 Å². The summed E-state index contributed by atoms with van der Waals surface area (Å²) in [5, 5.41) is 1.62. The summed E-state index contributed by atoms with van der Waals surface area (Å²) in [6.45, 7) is 1.80. The maximum absolute atomic E-state index is 15.0. The number of nitrogens with zero attached hydrogens (tertiary/aromatic N) is 5. The first kappa shape index (κ1) is 26.4. The molecule has 2 aromatic carbocycles. The average molecular weight is 633 g/mol. The smallest absolute Gasteiger partial charge is 0.319 e. The minimum absolute atomic E-state index is 0.0330. The van der Waals surface area contributed by atoms with Crippen LogP contribution in [0.3, 0.4) is 0 Å². The number of alkyl halides is 2. The highest BCUT2D eigenvalue weighted by atomic mass is 35.5. The quantitative estimate of drug-likeness (QED) is 0.181. The zero-order chi connectivity index (χ0) is 32.8. The number of halogens is 3. The molecule has 2 aromatic heterocycles. The van der Waals surface area contributed by atoms with Gasteiger partial charge in [-0.15, -0.1) is 18.0 Å². The second-order valence-electron chi connectivity index (χ2n) is 12.5. The maximum atomic E-state index is 15.0. The molecule has 4 aliphatic rings. The topological polar surface area (TPSA) is 89.6 Å². The van der Waals surface area contributed by atoms with Gasteiger partial charge in [-0.1, -0.05) is 12.0 Å². The van der Waals surface area contributed by atoms with Gasteiger partial charge in [0.05, 0.1) is 55.1 Å². The second kappa shape index (κ2) is 10.6. The Morgan fingerprint density at radius 2 is 2.18 bits per heavy atom. The molecular formula is C34H33ClF2N6O2. The third kappa shape index (κ3) is 4.58. The van der Waals surface area contributed by atoms with Crippen molar-refractivity contribution in [3.63, 3.8) is 0 Å². The molecule has 5 heterocycles. The van der Waals surface area contributed by atoms with Crippen LogP contribution in [0.15, 0.2) is 30.5 Å². The number of fused-ring (bicyclic) bond motifs is 4. The van der Waals surface area contributed by atoms with Gasteiger partial charge < -0.3 is 20.1 Å². The van der Waals surface area contributed by atoms with Gasteiger partial charge in [-0.2, -0.15) is 9.97 Å². The summed E-state index contributed by atoms with van der Waals surface area (Å²) < 4.78 is 59.9. The average Bonchev–Trinajstić information content (AvgIpc) is 3.39. The van der Waals surface area contributed by atoms with Gasteiger partial charge >= 0.3 is 6.01 Å². The molecule has 4 aromatic rings. The molecule has 5 atom stereocenters. The molecule has 3 saturated heterocycles. The van der Waals surface area contributed by atoms with Gasteiger partial charge in [-0.3, -0.25) is 9.88 Å². The van der Waals surface area contributed by atoms with Gasteiger partial charge in [0.2, 0.25) is 0 Å². The number of hydrogen-bond donors (Lipinski definition) is 1. The second-order valence-corrected chi connectivity index (χ2v) is 13.0. The molecule has 0 amide bonds. The number of aryl methyl sites for hydroxylation is 1. The Balaban J connectivity index is 1.32. The van der Waals surface area contributed by atoms with Gasteiger partial charge in [0, 0.05) is 53.8 Å². The number of terminal acetylenes is 1. The summed E-state index contributed by atoms with van der Waals surface area (Å²) in [7, 11) is 0. The molecule has 45 heavy (non-hydrogen) atoms. The number of rotatable bonds is 5. The van der Waals surface area contributed by atoms with Gasteiger partial charge in [0.25, 0.3) is 0 Å². The number of nitrogen functional groups attached to an aromatic ring is 1. The summed E-state index contributed by atoms with van der Waals surface area (Å²) in [4.78, 5) is 18.4. The van der Waals surface area contributed by atoms with Gasteiger partial charge in [0.1, 0.15) is 24.4 Å².